The fourth-order valence-corrected chi connectivity index (χ4v) is 1.90. The van der Waals surface area contributed by atoms with Gasteiger partial charge in [-0.1, -0.05) is 11.3 Å². The van der Waals surface area contributed by atoms with Crippen LogP contribution >= 0.6 is 23.1 Å². The van der Waals surface area contributed by atoms with E-state index in [1.807, 2.05) is 0 Å². The molecule has 0 unspecified atom stereocenters. The molecule has 0 saturated carbocycles. The minimum Gasteiger partial charge on any atom is -0.477 e. The lowest BCUT2D eigenvalue weighted by molar-refractivity contribution is -0.0327. The van der Waals surface area contributed by atoms with E-state index in [-0.39, 0.29) is 28.9 Å². The van der Waals surface area contributed by atoms with Crippen molar-refractivity contribution >= 4 is 34.2 Å². The summed E-state index contributed by atoms with van der Waals surface area (Å²) in [5, 5.41) is 11.5. The molecule has 90 valence electrons. The number of nitrogens with one attached hydrogen (secondary N) is 1. The second-order valence-electron chi connectivity index (χ2n) is 2.56. The predicted octanol–water partition coefficient (Wildman–Crippen LogP) is 2.51. The van der Waals surface area contributed by atoms with Gasteiger partial charge in [-0.05, 0) is 11.8 Å². The first-order valence-electron chi connectivity index (χ1n) is 4.02. The van der Waals surface area contributed by atoms with E-state index >= 15 is 0 Å². The van der Waals surface area contributed by atoms with Gasteiger partial charge in [-0.15, -0.1) is 0 Å². The lowest BCUT2D eigenvalue weighted by Gasteiger charge is -2.05. The Hall–Kier alpha value is -0.960. The molecule has 0 atom stereocenters. The Morgan fingerprint density at radius 3 is 2.81 bits per heavy atom. The molecule has 9 heteroatoms. The van der Waals surface area contributed by atoms with Gasteiger partial charge in [-0.3, -0.25) is 0 Å². The summed E-state index contributed by atoms with van der Waals surface area (Å²) in [6.45, 7) is 0.0801. The van der Waals surface area contributed by atoms with Gasteiger partial charge in [0.2, 0.25) is 0 Å². The minimum atomic E-state index is -4.24. The molecule has 1 aromatic rings. The van der Waals surface area contributed by atoms with Gasteiger partial charge in [0.05, 0.1) is 6.20 Å². The molecule has 0 fully saturated rings. The van der Waals surface area contributed by atoms with Crippen molar-refractivity contribution in [2.24, 2.45) is 0 Å². The summed E-state index contributed by atoms with van der Waals surface area (Å²) in [5.74, 6) is -1.25. The van der Waals surface area contributed by atoms with Gasteiger partial charge in [-0.2, -0.15) is 13.2 Å². The lowest BCUT2D eigenvalue weighted by Crippen LogP contribution is -2.09. The van der Waals surface area contributed by atoms with Crippen molar-refractivity contribution in [3.05, 3.63) is 11.1 Å². The first-order chi connectivity index (χ1) is 7.38. The molecule has 0 amide bonds. The third-order valence-electron chi connectivity index (χ3n) is 1.36. The molecule has 0 saturated heterocycles. The molecule has 1 rings (SSSR count). The number of carbonyl (C=O) groups is 1. The fourth-order valence-electron chi connectivity index (χ4n) is 0.779. The zero-order chi connectivity index (χ0) is 12.2. The first kappa shape index (κ1) is 13.1. The number of anilines is 1. The Bertz CT molecular complexity index is 367. The van der Waals surface area contributed by atoms with Crippen LogP contribution in [0.2, 0.25) is 0 Å². The molecule has 1 aromatic heterocycles. The number of alkyl halides is 3. The largest absolute Gasteiger partial charge is 0.477 e. The number of halogens is 3. The maximum atomic E-state index is 11.7. The van der Waals surface area contributed by atoms with Crippen LogP contribution in [-0.2, 0) is 0 Å². The summed E-state index contributed by atoms with van der Waals surface area (Å²) in [7, 11) is 0. The second-order valence-corrected chi connectivity index (χ2v) is 4.75. The van der Waals surface area contributed by atoms with Crippen molar-refractivity contribution in [1.29, 1.82) is 0 Å². The predicted molar refractivity (Wildman–Crippen MR) is 56.1 cm³/mol. The van der Waals surface area contributed by atoms with Crippen LogP contribution in [0.3, 0.4) is 0 Å². The van der Waals surface area contributed by atoms with Crippen LogP contribution < -0.4 is 5.32 Å². The summed E-state index contributed by atoms with van der Waals surface area (Å²) in [5.41, 5.74) is -4.24. The van der Waals surface area contributed by atoms with Gasteiger partial charge in [0.25, 0.3) is 0 Å². The standard InChI is InChI=1S/C7H7F3N2O2S2/c8-7(9,10)15-2-1-11-6-12-3-4(16-6)5(13)14/h3H,1-2H2,(H,11,12)(H,13,14). The number of aromatic carboxylic acids is 1. The van der Waals surface area contributed by atoms with Gasteiger partial charge in [0, 0.05) is 12.3 Å². The number of thioether (sulfide) groups is 1. The summed E-state index contributed by atoms with van der Waals surface area (Å²) < 4.78 is 35.2. The maximum absolute atomic E-state index is 11.7. The molecule has 4 nitrogen and oxygen atoms in total. The molecule has 0 aliphatic rings. The van der Waals surface area contributed by atoms with Crippen LogP contribution in [0.4, 0.5) is 18.3 Å². The number of hydrogen-bond donors (Lipinski definition) is 2. The quantitative estimate of drug-likeness (QED) is 0.806. The normalized spacial score (nSPS) is 11.4. The minimum absolute atomic E-state index is 0.0472. The number of aromatic nitrogens is 1. The molecule has 0 radical (unpaired) electrons. The number of thiazole rings is 1. The van der Waals surface area contributed by atoms with E-state index < -0.39 is 11.5 Å². The van der Waals surface area contributed by atoms with Gasteiger partial charge < -0.3 is 10.4 Å². The van der Waals surface area contributed by atoms with Crippen LogP contribution in [0, 0.1) is 0 Å². The zero-order valence-corrected chi connectivity index (χ0v) is 9.38. The number of rotatable bonds is 5. The van der Waals surface area contributed by atoms with Crippen molar-refractivity contribution < 1.29 is 23.1 Å². The number of carboxylic acids is 1. The molecule has 16 heavy (non-hydrogen) atoms. The van der Waals surface area contributed by atoms with E-state index in [4.69, 9.17) is 5.11 Å². The van der Waals surface area contributed by atoms with E-state index in [2.05, 4.69) is 10.3 Å². The van der Waals surface area contributed by atoms with Crippen LogP contribution in [0.15, 0.2) is 6.20 Å². The monoisotopic (exact) mass is 272 g/mol. The molecule has 2 N–H and O–H groups in total. The Morgan fingerprint density at radius 1 is 1.62 bits per heavy atom. The lowest BCUT2D eigenvalue weighted by atomic mass is 10.6. The van der Waals surface area contributed by atoms with Crippen molar-refractivity contribution in [1.82, 2.24) is 4.98 Å². The number of hydrogen-bond acceptors (Lipinski definition) is 5. The van der Waals surface area contributed by atoms with Crippen molar-refractivity contribution in [2.45, 2.75) is 5.51 Å². The zero-order valence-electron chi connectivity index (χ0n) is 7.74. The smallest absolute Gasteiger partial charge is 0.441 e. The maximum Gasteiger partial charge on any atom is 0.441 e. The molecule has 1 heterocycles. The molecular formula is C7H7F3N2O2S2. The van der Waals surface area contributed by atoms with Gasteiger partial charge in [0.15, 0.2) is 5.13 Å². The average Bonchev–Trinajstić information content (AvgIpc) is 2.59. The Morgan fingerprint density at radius 2 is 2.31 bits per heavy atom. The van der Waals surface area contributed by atoms with Crippen LogP contribution in [0.1, 0.15) is 9.67 Å². The van der Waals surface area contributed by atoms with E-state index in [1.54, 1.807) is 0 Å². The molecule has 0 spiro atoms. The van der Waals surface area contributed by atoms with E-state index in [0.29, 0.717) is 5.13 Å². The van der Waals surface area contributed by atoms with Crippen LogP contribution in [-0.4, -0.2) is 33.9 Å². The highest BCUT2D eigenvalue weighted by atomic mass is 32.2. The average molecular weight is 272 g/mol. The Labute approximate surface area is 96.9 Å². The molecule has 0 aromatic carbocycles. The highest BCUT2D eigenvalue weighted by Gasteiger charge is 2.27. The topological polar surface area (TPSA) is 62.2 Å². The molecular weight excluding hydrogens is 265 g/mol. The third-order valence-corrected chi connectivity index (χ3v) is 3.04. The van der Waals surface area contributed by atoms with Gasteiger partial charge in [-0.25, -0.2) is 9.78 Å². The van der Waals surface area contributed by atoms with E-state index in [9.17, 15) is 18.0 Å². The van der Waals surface area contributed by atoms with Gasteiger partial charge in [0.1, 0.15) is 4.88 Å². The molecule has 0 aliphatic heterocycles. The summed E-state index contributed by atoms with van der Waals surface area (Å²) in [4.78, 5) is 14.2. The fraction of sp³-hybridized carbons (Fsp3) is 0.429. The number of nitrogens with zero attached hydrogens (tertiary/aromatic N) is 1. The Kier molecular flexibility index (Phi) is 4.42. The second kappa shape index (κ2) is 5.39. The summed E-state index contributed by atoms with van der Waals surface area (Å²) in [6.07, 6.45) is 1.16. The molecule has 0 bridgehead atoms. The Balaban J connectivity index is 2.30. The van der Waals surface area contributed by atoms with Gasteiger partial charge >= 0.3 is 11.5 Å². The summed E-state index contributed by atoms with van der Waals surface area (Å²) >= 11 is 0.751. The van der Waals surface area contributed by atoms with Crippen LogP contribution in [0.25, 0.3) is 0 Å². The number of carboxylic acid groups (broad SMARTS) is 1. The highest BCUT2D eigenvalue weighted by Crippen LogP contribution is 2.29. The van der Waals surface area contributed by atoms with Crippen molar-refractivity contribution in [3.63, 3.8) is 0 Å². The summed E-state index contributed by atoms with van der Waals surface area (Å²) in [6, 6.07) is 0. The van der Waals surface area contributed by atoms with E-state index in [0.717, 1.165) is 17.5 Å². The highest BCUT2D eigenvalue weighted by molar-refractivity contribution is 8.00. The van der Waals surface area contributed by atoms with E-state index in [1.165, 1.54) is 0 Å². The van der Waals surface area contributed by atoms with Crippen molar-refractivity contribution in [3.8, 4) is 0 Å². The SMILES string of the molecule is O=C(O)c1cnc(NCCSC(F)(F)F)s1. The molecule has 0 aliphatic carbocycles. The van der Waals surface area contributed by atoms with Crippen LogP contribution in [0.5, 0.6) is 0 Å². The third kappa shape index (κ3) is 4.71. The first-order valence-corrected chi connectivity index (χ1v) is 5.82. The van der Waals surface area contributed by atoms with Crippen molar-refractivity contribution in [2.75, 3.05) is 17.6 Å².